The van der Waals surface area contributed by atoms with Gasteiger partial charge in [-0.1, -0.05) is 11.6 Å². The highest BCUT2D eigenvalue weighted by Gasteiger charge is 2.28. The summed E-state index contributed by atoms with van der Waals surface area (Å²) in [6, 6.07) is 2.38. The maximum atomic E-state index is 14.0. The summed E-state index contributed by atoms with van der Waals surface area (Å²) in [4.78, 5) is 6.29. The van der Waals surface area contributed by atoms with Crippen molar-refractivity contribution in [3.63, 3.8) is 0 Å². The van der Waals surface area contributed by atoms with Crippen LogP contribution in [0.5, 0.6) is 0 Å². The zero-order valence-corrected chi connectivity index (χ0v) is 11.7. The van der Waals surface area contributed by atoms with E-state index in [-0.39, 0.29) is 5.82 Å². The Morgan fingerprint density at radius 1 is 1.37 bits per heavy atom. The molecule has 2 fully saturated rings. The lowest BCUT2D eigenvalue weighted by Gasteiger charge is -2.37. The Bertz CT molecular complexity index is 450. The van der Waals surface area contributed by atoms with Crippen molar-refractivity contribution in [3.8, 4) is 0 Å². The van der Waals surface area contributed by atoms with Gasteiger partial charge in [-0.2, -0.15) is 0 Å². The number of halogens is 2. The van der Waals surface area contributed by atoms with Gasteiger partial charge < -0.3 is 10.2 Å². The van der Waals surface area contributed by atoms with E-state index in [0.717, 1.165) is 25.9 Å². The maximum absolute atomic E-state index is 14.0. The molecule has 1 aromatic rings. The minimum absolute atomic E-state index is 0.314. The van der Waals surface area contributed by atoms with Crippen LogP contribution in [0.15, 0.2) is 12.3 Å². The molecule has 1 N–H and O–H groups in total. The van der Waals surface area contributed by atoms with Gasteiger partial charge >= 0.3 is 0 Å². The first-order chi connectivity index (χ1) is 9.24. The lowest BCUT2D eigenvalue weighted by atomic mass is 10.0. The highest BCUT2D eigenvalue weighted by Crippen LogP contribution is 2.27. The van der Waals surface area contributed by atoms with Crippen LogP contribution in [-0.2, 0) is 0 Å². The predicted molar refractivity (Wildman–Crippen MR) is 75.2 cm³/mol. The minimum atomic E-state index is -0.314. The molecule has 1 aromatic heterocycles. The van der Waals surface area contributed by atoms with Crippen molar-refractivity contribution < 1.29 is 4.39 Å². The Morgan fingerprint density at radius 3 is 2.95 bits per heavy atom. The molecule has 2 aliphatic rings. The van der Waals surface area contributed by atoms with Crippen LogP contribution in [0, 0.1) is 5.82 Å². The summed E-state index contributed by atoms with van der Waals surface area (Å²) in [6.45, 7) is 1.80. The first-order valence-corrected chi connectivity index (χ1v) is 7.43. The molecule has 0 bridgehead atoms. The molecule has 0 amide bonds. The third kappa shape index (κ3) is 3.18. The average molecular weight is 284 g/mol. The second kappa shape index (κ2) is 5.63. The smallest absolute Gasteiger partial charge is 0.167 e. The first kappa shape index (κ1) is 13.1. The highest BCUT2D eigenvalue weighted by atomic mass is 35.5. The summed E-state index contributed by atoms with van der Waals surface area (Å²) in [5.41, 5.74) is 0. The molecule has 1 unspecified atom stereocenters. The molecule has 5 heteroatoms. The van der Waals surface area contributed by atoms with E-state index in [2.05, 4.69) is 15.2 Å². The fraction of sp³-hybridized carbons (Fsp3) is 0.643. The number of pyridine rings is 1. The molecular weight excluding hydrogens is 265 g/mol. The number of hydrogen-bond donors (Lipinski definition) is 1. The number of aromatic nitrogens is 1. The van der Waals surface area contributed by atoms with Gasteiger partial charge in [-0.3, -0.25) is 0 Å². The number of hydrogen-bond acceptors (Lipinski definition) is 3. The van der Waals surface area contributed by atoms with Crippen LogP contribution in [0.2, 0.25) is 5.02 Å². The van der Waals surface area contributed by atoms with Crippen molar-refractivity contribution in [3.05, 3.63) is 23.1 Å². The molecule has 3 rings (SSSR count). The maximum Gasteiger partial charge on any atom is 0.167 e. The molecule has 1 saturated carbocycles. The van der Waals surface area contributed by atoms with Crippen molar-refractivity contribution in [2.24, 2.45) is 0 Å². The quantitative estimate of drug-likeness (QED) is 0.921. The van der Waals surface area contributed by atoms with Crippen LogP contribution in [0.25, 0.3) is 0 Å². The molecular formula is C14H19ClFN3. The Morgan fingerprint density at radius 2 is 2.21 bits per heavy atom. The standard InChI is InChI=1S/C14H19ClFN3/c15-10-7-13(16)14(18-8-10)19-6-2-1-3-12(19)9-17-11-4-5-11/h7-8,11-12,17H,1-6,9H2. The third-order valence-electron chi connectivity index (χ3n) is 3.91. The Hall–Kier alpha value is -0.870. The van der Waals surface area contributed by atoms with Gasteiger partial charge in [-0.05, 0) is 38.2 Å². The van der Waals surface area contributed by atoms with E-state index in [1.807, 2.05) is 0 Å². The lowest BCUT2D eigenvalue weighted by molar-refractivity contribution is 0.425. The second-order valence-electron chi connectivity index (χ2n) is 5.48. The molecule has 1 saturated heterocycles. The number of nitrogens with zero attached hydrogens (tertiary/aromatic N) is 2. The van der Waals surface area contributed by atoms with Crippen molar-refractivity contribution in [1.29, 1.82) is 0 Å². The fourth-order valence-corrected chi connectivity index (χ4v) is 2.85. The second-order valence-corrected chi connectivity index (χ2v) is 5.92. The SMILES string of the molecule is Fc1cc(Cl)cnc1N1CCCCC1CNC1CC1. The normalized spacial score (nSPS) is 23.7. The Kier molecular flexibility index (Phi) is 3.89. The van der Waals surface area contributed by atoms with Crippen LogP contribution in [0.1, 0.15) is 32.1 Å². The Labute approximate surface area is 118 Å². The van der Waals surface area contributed by atoms with Crippen LogP contribution in [0.4, 0.5) is 10.2 Å². The summed E-state index contributed by atoms with van der Waals surface area (Å²) >= 11 is 5.77. The largest absolute Gasteiger partial charge is 0.350 e. The van der Waals surface area contributed by atoms with Gasteiger partial charge in [-0.25, -0.2) is 9.37 Å². The molecule has 1 aliphatic heterocycles. The molecule has 1 atom stereocenters. The highest BCUT2D eigenvalue weighted by molar-refractivity contribution is 6.30. The van der Waals surface area contributed by atoms with Gasteiger partial charge in [0.25, 0.3) is 0 Å². The topological polar surface area (TPSA) is 28.2 Å². The minimum Gasteiger partial charge on any atom is -0.350 e. The number of piperidine rings is 1. The molecule has 19 heavy (non-hydrogen) atoms. The summed E-state index contributed by atoms with van der Waals surface area (Å²) in [5.74, 6) is 0.137. The lowest BCUT2D eigenvalue weighted by Crippen LogP contribution is -2.46. The van der Waals surface area contributed by atoms with Crippen molar-refractivity contribution >= 4 is 17.4 Å². The van der Waals surface area contributed by atoms with Gasteiger partial charge in [0, 0.05) is 31.4 Å². The zero-order valence-electron chi connectivity index (χ0n) is 10.9. The molecule has 0 aromatic carbocycles. The summed E-state index contributed by atoms with van der Waals surface area (Å²) in [6.07, 6.45) is 7.50. The average Bonchev–Trinajstić information content (AvgIpc) is 3.21. The van der Waals surface area contributed by atoms with Crippen molar-refractivity contribution in [2.75, 3.05) is 18.0 Å². The van der Waals surface area contributed by atoms with E-state index < -0.39 is 0 Å². The van der Waals surface area contributed by atoms with Crippen LogP contribution >= 0.6 is 11.6 Å². The molecule has 0 spiro atoms. The number of nitrogens with one attached hydrogen (secondary N) is 1. The van der Waals surface area contributed by atoms with E-state index in [9.17, 15) is 4.39 Å². The summed E-state index contributed by atoms with van der Waals surface area (Å²) in [7, 11) is 0. The van der Waals surface area contributed by atoms with E-state index in [0.29, 0.717) is 22.9 Å². The Balaban J connectivity index is 1.74. The van der Waals surface area contributed by atoms with Crippen LogP contribution in [0.3, 0.4) is 0 Å². The van der Waals surface area contributed by atoms with Crippen LogP contribution in [-0.4, -0.2) is 30.2 Å². The number of rotatable bonds is 4. The van der Waals surface area contributed by atoms with E-state index in [1.54, 1.807) is 0 Å². The van der Waals surface area contributed by atoms with E-state index >= 15 is 0 Å². The van der Waals surface area contributed by atoms with Gasteiger partial charge in [-0.15, -0.1) is 0 Å². The van der Waals surface area contributed by atoms with Crippen molar-refractivity contribution in [2.45, 2.75) is 44.2 Å². The van der Waals surface area contributed by atoms with E-state index in [1.165, 1.54) is 31.5 Å². The molecule has 2 heterocycles. The predicted octanol–water partition coefficient (Wildman–Crippen LogP) is 2.99. The zero-order chi connectivity index (χ0) is 13.2. The molecule has 1 aliphatic carbocycles. The molecule has 104 valence electrons. The van der Waals surface area contributed by atoms with Gasteiger partial charge in [0.15, 0.2) is 11.6 Å². The van der Waals surface area contributed by atoms with Gasteiger partial charge in [0.2, 0.25) is 0 Å². The van der Waals surface area contributed by atoms with Crippen LogP contribution < -0.4 is 10.2 Å². The van der Waals surface area contributed by atoms with Crippen molar-refractivity contribution in [1.82, 2.24) is 10.3 Å². The summed E-state index contributed by atoms with van der Waals surface area (Å²) < 4.78 is 14.0. The molecule has 0 radical (unpaired) electrons. The first-order valence-electron chi connectivity index (χ1n) is 7.05. The van der Waals surface area contributed by atoms with Gasteiger partial charge in [0.1, 0.15) is 0 Å². The van der Waals surface area contributed by atoms with E-state index in [4.69, 9.17) is 11.6 Å². The summed E-state index contributed by atoms with van der Waals surface area (Å²) in [5, 5.41) is 3.89. The monoisotopic (exact) mass is 283 g/mol. The number of anilines is 1. The fourth-order valence-electron chi connectivity index (χ4n) is 2.70. The van der Waals surface area contributed by atoms with Gasteiger partial charge in [0.05, 0.1) is 5.02 Å². The third-order valence-corrected chi connectivity index (χ3v) is 4.11. The molecule has 3 nitrogen and oxygen atoms in total.